The smallest absolute Gasteiger partial charge is 0.223 e. The predicted octanol–water partition coefficient (Wildman–Crippen LogP) is 0.866. The van der Waals surface area contributed by atoms with Crippen LogP contribution in [0.25, 0.3) is 0 Å². The summed E-state index contributed by atoms with van der Waals surface area (Å²) in [4.78, 5) is 15.8. The van der Waals surface area contributed by atoms with Gasteiger partial charge in [0.15, 0.2) is 5.96 Å². The van der Waals surface area contributed by atoms with Crippen LogP contribution in [-0.2, 0) is 4.79 Å². The molecule has 1 fully saturated rings. The molecule has 1 unspecified atom stereocenters. The highest BCUT2D eigenvalue weighted by molar-refractivity contribution is 5.81. The van der Waals surface area contributed by atoms with Crippen LogP contribution in [0.5, 0.6) is 0 Å². The Hall–Kier alpha value is -1.26. The molecular formula is C13H26N4O. The Labute approximate surface area is 110 Å². The van der Waals surface area contributed by atoms with E-state index in [9.17, 15) is 4.79 Å². The van der Waals surface area contributed by atoms with E-state index in [1.54, 1.807) is 0 Å². The lowest BCUT2D eigenvalue weighted by atomic mass is 10.3. The van der Waals surface area contributed by atoms with Crippen molar-refractivity contribution in [2.75, 3.05) is 19.6 Å². The van der Waals surface area contributed by atoms with Crippen molar-refractivity contribution in [1.82, 2.24) is 16.0 Å². The Balaban J connectivity index is 2.23. The second kappa shape index (κ2) is 7.95. The zero-order valence-electron chi connectivity index (χ0n) is 11.8. The van der Waals surface area contributed by atoms with Crippen LogP contribution in [0.15, 0.2) is 4.99 Å². The normalized spacial score (nSPS) is 17.2. The summed E-state index contributed by atoms with van der Waals surface area (Å²) in [5.41, 5.74) is 0. The molecule has 1 aliphatic rings. The van der Waals surface area contributed by atoms with Crippen LogP contribution in [0, 0.1) is 5.92 Å². The van der Waals surface area contributed by atoms with E-state index in [-0.39, 0.29) is 11.8 Å². The van der Waals surface area contributed by atoms with Crippen molar-refractivity contribution >= 4 is 11.9 Å². The molecule has 104 valence electrons. The summed E-state index contributed by atoms with van der Waals surface area (Å²) in [7, 11) is 0. The number of aliphatic imine (C=N–C) groups is 1. The topological polar surface area (TPSA) is 65.5 Å². The number of nitrogens with zero attached hydrogens (tertiary/aromatic N) is 1. The van der Waals surface area contributed by atoms with Crippen LogP contribution in [-0.4, -0.2) is 37.5 Å². The minimum atomic E-state index is 0.185. The van der Waals surface area contributed by atoms with Gasteiger partial charge in [0, 0.05) is 25.0 Å². The second-order valence-electron chi connectivity index (χ2n) is 4.78. The molecule has 1 saturated carbocycles. The van der Waals surface area contributed by atoms with Crippen molar-refractivity contribution in [2.24, 2.45) is 10.9 Å². The van der Waals surface area contributed by atoms with Gasteiger partial charge in [-0.3, -0.25) is 9.79 Å². The molecule has 0 aromatic rings. The lowest BCUT2D eigenvalue weighted by molar-refractivity contribution is -0.122. The van der Waals surface area contributed by atoms with Crippen molar-refractivity contribution in [2.45, 2.75) is 46.1 Å². The fraction of sp³-hybridized carbons (Fsp3) is 0.846. The minimum absolute atomic E-state index is 0.185. The second-order valence-corrected chi connectivity index (χ2v) is 4.78. The summed E-state index contributed by atoms with van der Waals surface area (Å²) in [6.45, 7) is 8.38. The number of guanidine groups is 1. The molecule has 0 saturated heterocycles. The van der Waals surface area contributed by atoms with Crippen molar-refractivity contribution in [3.05, 3.63) is 0 Å². The highest BCUT2D eigenvalue weighted by atomic mass is 16.2. The van der Waals surface area contributed by atoms with Crippen LogP contribution in [0.1, 0.15) is 40.0 Å². The molecule has 0 bridgehead atoms. The number of carbonyl (C=O) groups is 1. The highest BCUT2D eigenvalue weighted by Gasteiger charge is 2.28. The van der Waals surface area contributed by atoms with Crippen molar-refractivity contribution < 1.29 is 4.79 Å². The van der Waals surface area contributed by atoms with E-state index in [1.807, 2.05) is 6.92 Å². The van der Waals surface area contributed by atoms with Gasteiger partial charge in [-0.1, -0.05) is 6.92 Å². The first-order chi connectivity index (χ1) is 8.67. The van der Waals surface area contributed by atoms with E-state index in [2.05, 4.69) is 34.8 Å². The van der Waals surface area contributed by atoms with Crippen LogP contribution in [0.3, 0.4) is 0 Å². The van der Waals surface area contributed by atoms with E-state index in [4.69, 9.17) is 0 Å². The van der Waals surface area contributed by atoms with Crippen LogP contribution in [0.4, 0.5) is 0 Å². The van der Waals surface area contributed by atoms with Gasteiger partial charge in [-0.2, -0.15) is 0 Å². The average molecular weight is 254 g/mol. The Morgan fingerprint density at radius 3 is 2.61 bits per heavy atom. The number of hydrogen-bond donors (Lipinski definition) is 3. The quantitative estimate of drug-likeness (QED) is 0.359. The minimum Gasteiger partial charge on any atom is -0.357 e. The molecular weight excluding hydrogens is 228 g/mol. The van der Waals surface area contributed by atoms with Crippen LogP contribution >= 0.6 is 0 Å². The van der Waals surface area contributed by atoms with Gasteiger partial charge in [-0.15, -0.1) is 0 Å². The fourth-order valence-corrected chi connectivity index (χ4v) is 1.49. The van der Waals surface area contributed by atoms with Crippen molar-refractivity contribution in [3.63, 3.8) is 0 Å². The monoisotopic (exact) mass is 254 g/mol. The number of hydrogen-bond acceptors (Lipinski definition) is 2. The third kappa shape index (κ3) is 5.89. The summed E-state index contributed by atoms with van der Waals surface area (Å²) >= 11 is 0. The molecule has 5 heteroatoms. The molecule has 0 spiro atoms. The highest BCUT2D eigenvalue weighted by Crippen LogP contribution is 2.28. The van der Waals surface area contributed by atoms with Gasteiger partial charge in [0.25, 0.3) is 0 Å². The molecule has 0 heterocycles. The summed E-state index contributed by atoms with van der Waals surface area (Å²) in [6.07, 6.45) is 3.16. The summed E-state index contributed by atoms with van der Waals surface area (Å²) < 4.78 is 0. The average Bonchev–Trinajstić information content (AvgIpc) is 3.18. The predicted molar refractivity (Wildman–Crippen MR) is 74.6 cm³/mol. The van der Waals surface area contributed by atoms with Gasteiger partial charge in [-0.25, -0.2) is 0 Å². The zero-order valence-corrected chi connectivity index (χ0v) is 11.8. The Kier molecular flexibility index (Phi) is 6.54. The van der Waals surface area contributed by atoms with Gasteiger partial charge in [0.05, 0.1) is 6.54 Å². The van der Waals surface area contributed by atoms with Crippen LogP contribution < -0.4 is 16.0 Å². The first-order valence-corrected chi connectivity index (χ1v) is 6.99. The zero-order chi connectivity index (χ0) is 13.4. The van der Waals surface area contributed by atoms with Crippen LogP contribution in [0.2, 0.25) is 0 Å². The SMILES string of the molecule is CCNC(=NCCNC(=O)C1CC1)NC(C)CC. The van der Waals surface area contributed by atoms with Gasteiger partial charge in [0.2, 0.25) is 5.91 Å². The lowest BCUT2D eigenvalue weighted by Crippen LogP contribution is -2.42. The Morgan fingerprint density at radius 2 is 2.06 bits per heavy atom. The molecule has 1 amide bonds. The molecule has 1 rings (SSSR count). The number of carbonyl (C=O) groups excluding carboxylic acids is 1. The van der Waals surface area contributed by atoms with E-state index in [0.717, 1.165) is 31.8 Å². The van der Waals surface area contributed by atoms with Crippen molar-refractivity contribution in [3.8, 4) is 0 Å². The number of amides is 1. The molecule has 0 radical (unpaired) electrons. The molecule has 1 aliphatic carbocycles. The Morgan fingerprint density at radius 1 is 1.33 bits per heavy atom. The molecule has 3 N–H and O–H groups in total. The number of rotatable bonds is 7. The maximum Gasteiger partial charge on any atom is 0.223 e. The maximum absolute atomic E-state index is 11.4. The molecule has 18 heavy (non-hydrogen) atoms. The van der Waals surface area contributed by atoms with Gasteiger partial charge in [-0.05, 0) is 33.1 Å². The third-order valence-electron chi connectivity index (χ3n) is 2.97. The van der Waals surface area contributed by atoms with Crippen molar-refractivity contribution in [1.29, 1.82) is 0 Å². The van der Waals surface area contributed by atoms with E-state index >= 15 is 0 Å². The molecule has 0 aliphatic heterocycles. The summed E-state index contributed by atoms with van der Waals surface area (Å²) in [5, 5.41) is 9.42. The largest absolute Gasteiger partial charge is 0.357 e. The molecule has 1 atom stereocenters. The van der Waals surface area contributed by atoms with E-state index in [1.165, 1.54) is 0 Å². The maximum atomic E-state index is 11.4. The third-order valence-corrected chi connectivity index (χ3v) is 2.97. The first kappa shape index (κ1) is 14.8. The lowest BCUT2D eigenvalue weighted by Gasteiger charge is -2.16. The van der Waals surface area contributed by atoms with E-state index < -0.39 is 0 Å². The molecule has 0 aromatic heterocycles. The Bertz CT molecular complexity index is 287. The van der Waals surface area contributed by atoms with Gasteiger partial charge >= 0.3 is 0 Å². The van der Waals surface area contributed by atoms with E-state index in [0.29, 0.717) is 19.1 Å². The van der Waals surface area contributed by atoms with Gasteiger partial charge < -0.3 is 16.0 Å². The molecule has 0 aromatic carbocycles. The summed E-state index contributed by atoms with van der Waals surface area (Å²) in [6, 6.07) is 0.406. The molecule has 5 nitrogen and oxygen atoms in total. The summed E-state index contributed by atoms with van der Waals surface area (Å²) in [5.74, 6) is 1.29. The fourth-order valence-electron chi connectivity index (χ4n) is 1.49. The van der Waals surface area contributed by atoms with Gasteiger partial charge in [0.1, 0.15) is 0 Å². The first-order valence-electron chi connectivity index (χ1n) is 6.99. The standard InChI is InChI=1S/C13H26N4O/c1-4-10(3)17-13(14-5-2)16-9-8-15-12(18)11-6-7-11/h10-11H,4-9H2,1-3H3,(H,15,18)(H2,14,16,17). The number of nitrogens with one attached hydrogen (secondary N) is 3.